The molecular formula is C18H35N3. The van der Waals surface area contributed by atoms with Gasteiger partial charge in [-0.2, -0.15) is 0 Å². The van der Waals surface area contributed by atoms with Crippen molar-refractivity contribution in [1.82, 2.24) is 14.7 Å². The lowest BCUT2D eigenvalue weighted by Crippen LogP contribution is -2.42. The standard InChI is InChI=1S/C18H35N3/c1-5-19-8-6-15(7-9-19)10-20-11-16-13-21(18(2,3)4)14-17(16)12-20/h15-17H,5-14H2,1-4H3. The zero-order valence-electron chi connectivity index (χ0n) is 14.6. The quantitative estimate of drug-likeness (QED) is 0.791. The molecule has 3 aliphatic heterocycles. The van der Waals surface area contributed by atoms with E-state index in [0.717, 1.165) is 17.8 Å². The molecule has 0 radical (unpaired) electrons. The number of rotatable bonds is 3. The van der Waals surface area contributed by atoms with Crippen LogP contribution in [-0.2, 0) is 0 Å². The second-order valence-electron chi connectivity index (χ2n) is 8.69. The summed E-state index contributed by atoms with van der Waals surface area (Å²) < 4.78 is 0. The molecule has 3 heteroatoms. The molecule has 0 aromatic carbocycles. The van der Waals surface area contributed by atoms with E-state index in [1.807, 2.05) is 0 Å². The van der Waals surface area contributed by atoms with Crippen molar-refractivity contribution in [2.75, 3.05) is 52.4 Å². The lowest BCUT2D eigenvalue weighted by molar-refractivity contribution is 0.131. The molecule has 0 N–H and O–H groups in total. The summed E-state index contributed by atoms with van der Waals surface area (Å²) >= 11 is 0. The van der Waals surface area contributed by atoms with E-state index < -0.39 is 0 Å². The van der Waals surface area contributed by atoms with Gasteiger partial charge in [0.2, 0.25) is 0 Å². The van der Waals surface area contributed by atoms with E-state index in [2.05, 4.69) is 42.4 Å². The molecule has 2 atom stereocenters. The van der Waals surface area contributed by atoms with Gasteiger partial charge in [0.05, 0.1) is 0 Å². The Morgan fingerprint density at radius 2 is 1.43 bits per heavy atom. The van der Waals surface area contributed by atoms with E-state index in [9.17, 15) is 0 Å². The van der Waals surface area contributed by atoms with Crippen molar-refractivity contribution in [1.29, 1.82) is 0 Å². The highest BCUT2D eigenvalue weighted by atomic mass is 15.3. The van der Waals surface area contributed by atoms with E-state index in [4.69, 9.17) is 0 Å². The van der Waals surface area contributed by atoms with Gasteiger partial charge in [-0.05, 0) is 71.0 Å². The van der Waals surface area contributed by atoms with Gasteiger partial charge in [0.25, 0.3) is 0 Å². The third kappa shape index (κ3) is 3.62. The zero-order chi connectivity index (χ0) is 15.0. The Balaban J connectivity index is 1.43. The van der Waals surface area contributed by atoms with E-state index >= 15 is 0 Å². The molecule has 0 aromatic heterocycles. The van der Waals surface area contributed by atoms with Crippen molar-refractivity contribution in [2.45, 2.75) is 46.1 Å². The van der Waals surface area contributed by atoms with Crippen LogP contribution < -0.4 is 0 Å². The van der Waals surface area contributed by atoms with Crippen molar-refractivity contribution in [3.63, 3.8) is 0 Å². The van der Waals surface area contributed by atoms with Gasteiger partial charge >= 0.3 is 0 Å². The predicted molar refractivity (Wildman–Crippen MR) is 89.6 cm³/mol. The van der Waals surface area contributed by atoms with Crippen LogP contribution in [0.5, 0.6) is 0 Å². The summed E-state index contributed by atoms with van der Waals surface area (Å²) in [4.78, 5) is 8.11. The maximum absolute atomic E-state index is 2.79. The van der Waals surface area contributed by atoms with Crippen molar-refractivity contribution in [3.05, 3.63) is 0 Å². The third-order valence-electron chi connectivity index (χ3n) is 6.18. The number of likely N-dealkylation sites (tertiary alicyclic amines) is 3. The first-order valence-electron chi connectivity index (χ1n) is 9.15. The van der Waals surface area contributed by atoms with Crippen LogP contribution in [0.4, 0.5) is 0 Å². The number of piperidine rings is 1. The molecule has 3 fully saturated rings. The number of hydrogen-bond donors (Lipinski definition) is 0. The van der Waals surface area contributed by atoms with Gasteiger partial charge < -0.3 is 9.80 Å². The average Bonchev–Trinajstić information content (AvgIpc) is 2.97. The minimum absolute atomic E-state index is 0.363. The van der Waals surface area contributed by atoms with Crippen molar-refractivity contribution < 1.29 is 0 Å². The molecule has 3 rings (SSSR count). The van der Waals surface area contributed by atoms with Gasteiger partial charge in [0.15, 0.2) is 0 Å². The summed E-state index contributed by atoms with van der Waals surface area (Å²) in [5.74, 6) is 2.85. The summed E-state index contributed by atoms with van der Waals surface area (Å²) in [6.45, 7) is 20.1. The Hall–Kier alpha value is -0.120. The SMILES string of the molecule is CCN1CCC(CN2CC3CN(C(C)(C)C)CC3C2)CC1. The summed E-state index contributed by atoms with van der Waals surface area (Å²) in [5, 5.41) is 0. The normalized spacial score (nSPS) is 33.7. The van der Waals surface area contributed by atoms with Crippen LogP contribution in [-0.4, -0.2) is 72.6 Å². The molecular weight excluding hydrogens is 258 g/mol. The molecule has 0 aliphatic carbocycles. The summed E-state index contributed by atoms with van der Waals surface area (Å²) in [6.07, 6.45) is 2.85. The minimum Gasteiger partial charge on any atom is -0.304 e. The van der Waals surface area contributed by atoms with E-state index in [1.165, 1.54) is 65.2 Å². The minimum atomic E-state index is 0.363. The second-order valence-corrected chi connectivity index (χ2v) is 8.69. The Labute approximate surface area is 131 Å². The van der Waals surface area contributed by atoms with E-state index in [0.29, 0.717) is 5.54 Å². The van der Waals surface area contributed by atoms with Crippen LogP contribution >= 0.6 is 0 Å². The molecule has 0 spiro atoms. The first kappa shape index (κ1) is 15.8. The predicted octanol–water partition coefficient (Wildman–Crippen LogP) is 2.38. The van der Waals surface area contributed by atoms with Crippen LogP contribution in [0.3, 0.4) is 0 Å². The summed E-state index contributed by atoms with van der Waals surface area (Å²) in [5.41, 5.74) is 0.363. The van der Waals surface area contributed by atoms with Crippen molar-refractivity contribution >= 4 is 0 Å². The van der Waals surface area contributed by atoms with Crippen LogP contribution in [0.1, 0.15) is 40.5 Å². The van der Waals surface area contributed by atoms with E-state index in [-0.39, 0.29) is 0 Å². The van der Waals surface area contributed by atoms with Gasteiger partial charge in [-0.15, -0.1) is 0 Å². The Morgan fingerprint density at radius 3 is 1.90 bits per heavy atom. The van der Waals surface area contributed by atoms with Crippen LogP contribution in [0.25, 0.3) is 0 Å². The lowest BCUT2D eigenvalue weighted by atomic mass is 9.96. The maximum atomic E-state index is 2.79. The van der Waals surface area contributed by atoms with Gasteiger partial charge in [-0.3, -0.25) is 4.90 Å². The van der Waals surface area contributed by atoms with Gasteiger partial charge in [0.1, 0.15) is 0 Å². The topological polar surface area (TPSA) is 9.72 Å². The first-order valence-corrected chi connectivity index (χ1v) is 9.15. The summed E-state index contributed by atoms with van der Waals surface area (Å²) in [6, 6.07) is 0. The van der Waals surface area contributed by atoms with Crippen LogP contribution in [0, 0.1) is 17.8 Å². The fourth-order valence-electron chi connectivity index (χ4n) is 4.64. The first-order chi connectivity index (χ1) is 9.95. The average molecular weight is 293 g/mol. The number of nitrogens with zero attached hydrogens (tertiary/aromatic N) is 3. The molecule has 0 amide bonds. The highest BCUT2D eigenvalue weighted by molar-refractivity contribution is 4.96. The van der Waals surface area contributed by atoms with Crippen molar-refractivity contribution in [3.8, 4) is 0 Å². The lowest BCUT2D eigenvalue weighted by Gasteiger charge is -2.35. The van der Waals surface area contributed by atoms with Crippen LogP contribution in [0.2, 0.25) is 0 Å². The fourth-order valence-corrected chi connectivity index (χ4v) is 4.64. The van der Waals surface area contributed by atoms with E-state index in [1.54, 1.807) is 0 Å². The zero-order valence-corrected chi connectivity index (χ0v) is 14.6. The van der Waals surface area contributed by atoms with Crippen molar-refractivity contribution in [2.24, 2.45) is 17.8 Å². The Morgan fingerprint density at radius 1 is 0.857 bits per heavy atom. The molecule has 3 heterocycles. The second kappa shape index (κ2) is 6.17. The monoisotopic (exact) mass is 293 g/mol. The fraction of sp³-hybridized carbons (Fsp3) is 1.00. The van der Waals surface area contributed by atoms with Gasteiger partial charge in [-0.1, -0.05) is 6.92 Å². The molecule has 2 unspecified atom stereocenters. The molecule has 3 aliphatic rings. The molecule has 0 bridgehead atoms. The maximum Gasteiger partial charge on any atom is 0.0125 e. The molecule has 0 saturated carbocycles. The highest BCUT2D eigenvalue weighted by Crippen LogP contribution is 2.35. The molecule has 122 valence electrons. The molecule has 0 aromatic rings. The summed E-state index contributed by atoms with van der Waals surface area (Å²) in [7, 11) is 0. The third-order valence-corrected chi connectivity index (χ3v) is 6.18. The Kier molecular flexibility index (Phi) is 4.63. The smallest absolute Gasteiger partial charge is 0.0125 e. The number of fused-ring (bicyclic) bond motifs is 1. The molecule has 3 saturated heterocycles. The van der Waals surface area contributed by atoms with Gasteiger partial charge in [-0.25, -0.2) is 0 Å². The Bertz CT molecular complexity index is 327. The van der Waals surface area contributed by atoms with Gasteiger partial charge in [0, 0.05) is 38.3 Å². The number of hydrogen-bond acceptors (Lipinski definition) is 3. The molecule has 21 heavy (non-hydrogen) atoms. The largest absolute Gasteiger partial charge is 0.304 e. The van der Waals surface area contributed by atoms with Crippen LogP contribution in [0.15, 0.2) is 0 Å². The molecule has 3 nitrogen and oxygen atoms in total. The highest BCUT2D eigenvalue weighted by Gasteiger charge is 2.43.